The van der Waals surface area contributed by atoms with Gasteiger partial charge in [-0.15, -0.1) is 30.0 Å². The fraction of sp³-hybridized carbons (Fsp3) is 0.519. The Bertz CT molecular complexity index is 1250. The van der Waals surface area contributed by atoms with Gasteiger partial charge in [-0.1, -0.05) is 29.5 Å². The molecule has 10 nitrogen and oxygen atoms in total. The lowest BCUT2D eigenvalue weighted by atomic mass is 9.71. The number of fused-ring (bicyclic) bond motifs is 2. The lowest BCUT2D eigenvalue weighted by Gasteiger charge is -2.37. The van der Waals surface area contributed by atoms with Crippen LogP contribution in [-0.2, 0) is 25.8 Å². The molecule has 0 aliphatic carbocycles. The molecule has 1 aromatic carbocycles. The molecular formula is C27H33N5O5S. The number of hydrogen-bond acceptors (Lipinski definition) is 8. The molecule has 1 aromatic heterocycles. The van der Waals surface area contributed by atoms with Crippen LogP contribution >= 0.6 is 11.8 Å². The molecule has 0 saturated carbocycles. The largest absolute Gasteiger partial charge is 0.465 e. The minimum atomic E-state index is -0.762. The van der Waals surface area contributed by atoms with Gasteiger partial charge in [0.05, 0.1) is 28.7 Å². The van der Waals surface area contributed by atoms with Crippen LogP contribution in [0.3, 0.4) is 0 Å². The third-order valence-corrected chi connectivity index (χ3v) is 9.77. The van der Waals surface area contributed by atoms with Crippen LogP contribution in [0.15, 0.2) is 49.6 Å². The zero-order valence-corrected chi connectivity index (χ0v) is 22.1. The van der Waals surface area contributed by atoms with E-state index < -0.39 is 22.6 Å². The van der Waals surface area contributed by atoms with Gasteiger partial charge in [-0.25, -0.2) is 4.68 Å². The van der Waals surface area contributed by atoms with Crippen molar-refractivity contribution in [2.75, 3.05) is 26.3 Å². The number of esters is 1. The molecule has 1 spiro atoms. The molecule has 0 radical (unpaired) electrons. The van der Waals surface area contributed by atoms with E-state index in [1.165, 1.54) is 0 Å². The minimum Gasteiger partial charge on any atom is -0.465 e. The number of ether oxygens (including phenoxy) is 1. The third-order valence-electron chi connectivity index (χ3n) is 7.82. The van der Waals surface area contributed by atoms with Gasteiger partial charge in [0.1, 0.15) is 18.2 Å². The summed E-state index contributed by atoms with van der Waals surface area (Å²) in [5, 5.41) is 17.9. The van der Waals surface area contributed by atoms with Crippen LogP contribution in [0.4, 0.5) is 0 Å². The maximum atomic E-state index is 14.3. The lowest BCUT2D eigenvalue weighted by molar-refractivity contribution is -0.154. The van der Waals surface area contributed by atoms with Gasteiger partial charge in [-0.2, -0.15) is 0 Å². The number of benzene rings is 1. The number of aromatic nitrogens is 3. The van der Waals surface area contributed by atoms with Crippen LogP contribution in [-0.4, -0.2) is 90.0 Å². The number of thioether (sulfide) groups is 1. The van der Waals surface area contributed by atoms with Crippen molar-refractivity contribution in [1.29, 1.82) is 0 Å². The Kier molecular flexibility index (Phi) is 7.58. The Balaban J connectivity index is 1.47. The standard InChI is InChI=1S/C27H33N5O5S/c1-3-5-16-37-26(36)21-20-11-12-27(38-20)22(21)24(34)31(14-8-15-33)23(27)25(35)30(13-4-2)17-32-19-10-7-6-9-18(19)28-29-32/h3-4,6-7,9-10,20-23,33H,1-2,5,8,11-17H2/t20-,21+,22+,23?,27?/m1/s1. The Morgan fingerprint density at radius 1 is 1.29 bits per heavy atom. The lowest BCUT2D eigenvalue weighted by Crippen LogP contribution is -2.55. The second kappa shape index (κ2) is 10.9. The molecular weight excluding hydrogens is 506 g/mol. The summed E-state index contributed by atoms with van der Waals surface area (Å²) < 4.78 is 6.46. The van der Waals surface area contributed by atoms with Crippen LogP contribution in [0.25, 0.3) is 11.0 Å². The zero-order chi connectivity index (χ0) is 26.9. The highest BCUT2D eigenvalue weighted by atomic mass is 32.2. The smallest absolute Gasteiger partial charge is 0.310 e. The summed E-state index contributed by atoms with van der Waals surface area (Å²) in [5.41, 5.74) is 1.52. The summed E-state index contributed by atoms with van der Waals surface area (Å²) in [6.07, 6.45) is 5.62. The Morgan fingerprint density at radius 3 is 2.87 bits per heavy atom. The second-order valence-corrected chi connectivity index (χ2v) is 11.6. The predicted molar refractivity (Wildman–Crippen MR) is 143 cm³/mol. The predicted octanol–water partition coefficient (Wildman–Crippen LogP) is 2.00. The van der Waals surface area contributed by atoms with Crippen LogP contribution in [0.1, 0.15) is 25.7 Å². The molecule has 3 aliphatic heterocycles. The number of amides is 2. The van der Waals surface area contributed by atoms with Gasteiger partial charge in [-0.05, 0) is 37.8 Å². The summed E-state index contributed by atoms with van der Waals surface area (Å²) in [6.45, 7) is 8.26. The number of nitrogens with zero attached hydrogens (tertiary/aromatic N) is 5. The van der Waals surface area contributed by atoms with E-state index in [0.29, 0.717) is 19.3 Å². The van der Waals surface area contributed by atoms with E-state index >= 15 is 0 Å². The first-order valence-corrected chi connectivity index (χ1v) is 13.9. The number of rotatable bonds is 12. The first-order chi connectivity index (χ1) is 18.5. The summed E-state index contributed by atoms with van der Waals surface area (Å²) in [4.78, 5) is 44.6. The number of aliphatic hydroxyl groups is 1. The molecule has 2 unspecified atom stereocenters. The van der Waals surface area contributed by atoms with Gasteiger partial charge in [0.15, 0.2) is 0 Å². The van der Waals surface area contributed by atoms with E-state index in [1.807, 2.05) is 24.3 Å². The quantitative estimate of drug-likeness (QED) is 0.247. The Labute approximate surface area is 225 Å². The van der Waals surface area contributed by atoms with Gasteiger partial charge >= 0.3 is 5.97 Å². The van der Waals surface area contributed by atoms with Gasteiger partial charge in [0, 0.05) is 24.9 Å². The van der Waals surface area contributed by atoms with E-state index in [1.54, 1.807) is 38.4 Å². The van der Waals surface area contributed by atoms with E-state index in [-0.39, 0.29) is 56.0 Å². The molecule has 2 aromatic rings. The fourth-order valence-corrected chi connectivity index (χ4v) is 8.45. The summed E-state index contributed by atoms with van der Waals surface area (Å²) in [6, 6.07) is 6.76. The van der Waals surface area contributed by atoms with E-state index in [2.05, 4.69) is 23.5 Å². The molecule has 11 heteroatoms. The van der Waals surface area contributed by atoms with Gasteiger partial charge in [-0.3, -0.25) is 14.4 Å². The van der Waals surface area contributed by atoms with Crippen molar-refractivity contribution in [2.24, 2.45) is 11.8 Å². The van der Waals surface area contributed by atoms with Crippen molar-refractivity contribution in [1.82, 2.24) is 24.8 Å². The summed E-state index contributed by atoms with van der Waals surface area (Å²) >= 11 is 1.59. The Hall–Kier alpha value is -3.18. The van der Waals surface area contributed by atoms with Gasteiger partial charge < -0.3 is 19.6 Å². The Morgan fingerprint density at radius 2 is 2.11 bits per heavy atom. The average Bonchev–Trinajstić information content (AvgIpc) is 3.66. The zero-order valence-electron chi connectivity index (χ0n) is 21.3. The third kappa shape index (κ3) is 4.31. The van der Waals surface area contributed by atoms with Crippen molar-refractivity contribution in [3.8, 4) is 0 Å². The highest BCUT2D eigenvalue weighted by Crippen LogP contribution is 2.66. The average molecular weight is 540 g/mol. The van der Waals surface area contributed by atoms with E-state index in [0.717, 1.165) is 17.5 Å². The maximum absolute atomic E-state index is 14.3. The topological polar surface area (TPSA) is 118 Å². The molecule has 3 aliphatic rings. The molecule has 2 bridgehead atoms. The highest BCUT2D eigenvalue weighted by Gasteiger charge is 2.74. The summed E-state index contributed by atoms with van der Waals surface area (Å²) in [7, 11) is 0. The van der Waals surface area contributed by atoms with Crippen LogP contribution in [0.2, 0.25) is 0 Å². The molecule has 38 heavy (non-hydrogen) atoms. The van der Waals surface area contributed by atoms with Gasteiger partial charge in [0.25, 0.3) is 0 Å². The maximum Gasteiger partial charge on any atom is 0.310 e. The number of para-hydroxylation sites is 1. The van der Waals surface area contributed by atoms with Crippen molar-refractivity contribution >= 4 is 40.6 Å². The molecule has 4 heterocycles. The van der Waals surface area contributed by atoms with Crippen LogP contribution < -0.4 is 0 Å². The molecule has 3 fully saturated rings. The summed E-state index contributed by atoms with van der Waals surface area (Å²) in [5.74, 6) is -2.02. The molecule has 2 amide bonds. The monoisotopic (exact) mass is 539 g/mol. The molecule has 3 saturated heterocycles. The normalized spacial score (nSPS) is 27.5. The number of likely N-dealkylation sites (tertiary alicyclic amines) is 1. The number of aliphatic hydroxyl groups excluding tert-OH is 1. The van der Waals surface area contributed by atoms with Crippen LogP contribution in [0, 0.1) is 11.8 Å². The molecule has 1 N–H and O–H groups in total. The van der Waals surface area contributed by atoms with Crippen molar-refractivity contribution in [3.63, 3.8) is 0 Å². The first kappa shape index (κ1) is 26.4. The second-order valence-electron chi connectivity index (χ2n) is 9.98. The van der Waals surface area contributed by atoms with Gasteiger partial charge in [0.2, 0.25) is 11.8 Å². The molecule has 202 valence electrons. The number of carbonyl (C=O) groups excluding carboxylic acids is 3. The first-order valence-electron chi connectivity index (χ1n) is 13.0. The van der Waals surface area contributed by atoms with Crippen molar-refractivity contribution in [3.05, 3.63) is 49.6 Å². The van der Waals surface area contributed by atoms with Crippen molar-refractivity contribution in [2.45, 2.75) is 48.4 Å². The number of carbonyl (C=O) groups is 3. The van der Waals surface area contributed by atoms with Crippen LogP contribution in [0.5, 0.6) is 0 Å². The van der Waals surface area contributed by atoms with Crippen molar-refractivity contribution < 1.29 is 24.2 Å². The molecule has 5 rings (SSSR count). The van der Waals surface area contributed by atoms with E-state index in [4.69, 9.17) is 4.74 Å². The molecule has 5 atom stereocenters. The van der Waals surface area contributed by atoms with E-state index in [9.17, 15) is 19.5 Å². The number of hydrogen-bond donors (Lipinski definition) is 1. The minimum absolute atomic E-state index is 0.0670. The fourth-order valence-electron chi connectivity index (χ4n) is 6.25. The SMILES string of the molecule is C=CCCOC(=O)[C@@H]1[C@H]2C(=O)N(CCCO)C(C(=O)N(CC=C)Cn3nnc4ccccc43)C23CC[C@H]1S3. The highest BCUT2D eigenvalue weighted by molar-refractivity contribution is 8.02.